The van der Waals surface area contributed by atoms with Gasteiger partial charge in [0.05, 0.1) is 29.0 Å². The molecule has 4 heterocycles. The van der Waals surface area contributed by atoms with Crippen LogP contribution in [0.1, 0.15) is 60.6 Å². The Morgan fingerprint density at radius 1 is 1.05 bits per heavy atom. The first-order chi connectivity index (χ1) is 21.2. The number of piperidine rings is 1. The lowest BCUT2D eigenvalue weighted by Crippen LogP contribution is -2.44. The van der Waals surface area contributed by atoms with Crippen LogP contribution in [0.3, 0.4) is 0 Å². The minimum absolute atomic E-state index is 0.144. The van der Waals surface area contributed by atoms with Gasteiger partial charge in [-0.05, 0) is 89.9 Å². The Kier molecular flexibility index (Phi) is 8.97. The second kappa shape index (κ2) is 13.1. The van der Waals surface area contributed by atoms with E-state index in [2.05, 4.69) is 67.4 Å². The number of aryl methyl sites for hydroxylation is 2. The number of hydrogen-bond donors (Lipinski definition) is 3. The van der Waals surface area contributed by atoms with Crippen LogP contribution in [0.2, 0.25) is 0 Å². The summed E-state index contributed by atoms with van der Waals surface area (Å²) in [7, 11) is 6.08. The fourth-order valence-corrected chi connectivity index (χ4v) is 6.56. The van der Waals surface area contributed by atoms with Gasteiger partial charge in [-0.15, -0.1) is 0 Å². The van der Waals surface area contributed by atoms with E-state index >= 15 is 0 Å². The minimum atomic E-state index is -0.270. The first-order valence-corrected chi connectivity index (χ1v) is 15.9. The molecule has 11 nitrogen and oxygen atoms in total. The van der Waals surface area contributed by atoms with Crippen molar-refractivity contribution in [3.63, 3.8) is 0 Å². The average Bonchev–Trinajstić information content (AvgIpc) is 3.60. The third-order valence-electron chi connectivity index (χ3n) is 9.00. The summed E-state index contributed by atoms with van der Waals surface area (Å²) in [6, 6.07) is 10.8. The molecule has 234 valence electrons. The van der Waals surface area contributed by atoms with Gasteiger partial charge in [0.1, 0.15) is 0 Å². The molecule has 0 atom stereocenters. The first-order valence-electron chi connectivity index (χ1n) is 15.9. The first kappa shape index (κ1) is 30.2. The van der Waals surface area contributed by atoms with Gasteiger partial charge in [-0.3, -0.25) is 19.8 Å². The monoisotopic (exact) mass is 599 g/mol. The Labute approximate surface area is 259 Å². The molecule has 2 fully saturated rings. The number of benzene rings is 1. The molecule has 2 aliphatic rings. The highest BCUT2D eigenvalue weighted by Crippen LogP contribution is 2.36. The van der Waals surface area contributed by atoms with Gasteiger partial charge in [0.2, 0.25) is 5.95 Å². The maximum absolute atomic E-state index is 13.7. The van der Waals surface area contributed by atoms with Crippen molar-refractivity contribution in [1.29, 1.82) is 0 Å². The number of aliphatic hydroxyl groups is 1. The van der Waals surface area contributed by atoms with Crippen molar-refractivity contribution in [3.05, 3.63) is 54.0 Å². The topological polar surface area (TPSA) is 116 Å². The number of imidazole rings is 1. The number of rotatable bonds is 9. The van der Waals surface area contributed by atoms with E-state index in [4.69, 9.17) is 4.98 Å². The number of pyridine rings is 1. The predicted octanol–water partition coefficient (Wildman–Crippen LogP) is 3.99. The smallest absolute Gasteiger partial charge is 0.258 e. The highest BCUT2D eigenvalue weighted by Gasteiger charge is 2.27. The van der Waals surface area contributed by atoms with E-state index in [0.717, 1.165) is 87.0 Å². The van der Waals surface area contributed by atoms with Crippen LogP contribution < -0.4 is 15.5 Å². The van der Waals surface area contributed by atoms with Gasteiger partial charge in [0, 0.05) is 74.0 Å². The third kappa shape index (κ3) is 6.80. The quantitative estimate of drug-likeness (QED) is 0.265. The number of nitrogens with one attached hydrogen (secondary N) is 2. The number of anilines is 2. The van der Waals surface area contributed by atoms with E-state index in [1.165, 1.54) is 5.69 Å². The summed E-state index contributed by atoms with van der Waals surface area (Å²) >= 11 is 0. The minimum Gasteiger partial charge on any atom is -0.393 e. The summed E-state index contributed by atoms with van der Waals surface area (Å²) < 4.78 is 3.93. The van der Waals surface area contributed by atoms with E-state index < -0.39 is 0 Å². The fraction of sp³-hybridized carbons (Fsp3) is 0.515. The number of likely N-dealkylation sites (N-methyl/N-ethyl adjacent to an activating group) is 1. The summed E-state index contributed by atoms with van der Waals surface area (Å²) in [5.74, 6) is 0.321. The lowest BCUT2D eigenvalue weighted by atomic mass is 9.93. The molecule has 6 rings (SSSR count). The van der Waals surface area contributed by atoms with Crippen molar-refractivity contribution in [2.75, 3.05) is 50.5 Å². The molecular formula is C33H45N9O2. The van der Waals surface area contributed by atoms with Crippen molar-refractivity contribution in [1.82, 2.24) is 34.5 Å². The van der Waals surface area contributed by atoms with Crippen molar-refractivity contribution < 1.29 is 9.90 Å². The molecule has 44 heavy (non-hydrogen) atoms. The number of carbonyl (C=O) groups is 1. The van der Waals surface area contributed by atoms with Crippen LogP contribution in [-0.4, -0.2) is 92.6 Å². The molecule has 1 saturated carbocycles. The van der Waals surface area contributed by atoms with E-state index in [0.29, 0.717) is 23.2 Å². The van der Waals surface area contributed by atoms with Crippen LogP contribution in [0.5, 0.6) is 0 Å². The van der Waals surface area contributed by atoms with Gasteiger partial charge >= 0.3 is 0 Å². The van der Waals surface area contributed by atoms with E-state index in [9.17, 15) is 9.90 Å². The fourth-order valence-electron chi connectivity index (χ4n) is 6.56. The molecule has 0 radical (unpaired) electrons. The largest absolute Gasteiger partial charge is 0.393 e. The number of carbonyl (C=O) groups excluding carboxylic acids is 1. The van der Waals surface area contributed by atoms with Crippen LogP contribution >= 0.6 is 0 Å². The zero-order valence-corrected chi connectivity index (χ0v) is 26.3. The molecule has 1 saturated heterocycles. The van der Waals surface area contributed by atoms with Gasteiger partial charge in [-0.25, -0.2) is 4.98 Å². The highest BCUT2D eigenvalue weighted by molar-refractivity contribution is 6.05. The lowest BCUT2D eigenvalue weighted by Gasteiger charge is -2.34. The molecule has 1 aromatic carbocycles. The summed E-state index contributed by atoms with van der Waals surface area (Å²) in [5.41, 5.74) is 5.91. The van der Waals surface area contributed by atoms with Crippen molar-refractivity contribution in [2.45, 2.75) is 63.6 Å². The van der Waals surface area contributed by atoms with Gasteiger partial charge in [0.15, 0.2) is 0 Å². The summed E-state index contributed by atoms with van der Waals surface area (Å²) in [6.45, 7) is 5.95. The molecular weight excluding hydrogens is 554 g/mol. The Morgan fingerprint density at radius 2 is 1.82 bits per heavy atom. The van der Waals surface area contributed by atoms with Crippen LogP contribution in [0.25, 0.3) is 22.3 Å². The SMILES string of the molecule is Cc1cc(C(=O)Nc2nc3ccc(N4CCC(NCCN(C)C)CC4)cc3n2[C@H]2CC[C@@H](O)CC2)cc(-c2cnn(C)c2)n1. The normalized spacial score (nSPS) is 19.6. The number of hydrogen-bond acceptors (Lipinski definition) is 8. The Balaban J connectivity index is 1.26. The Bertz CT molecular complexity index is 1590. The van der Waals surface area contributed by atoms with Gasteiger partial charge in [0.25, 0.3) is 5.91 Å². The second-order valence-electron chi connectivity index (χ2n) is 12.7. The second-order valence-corrected chi connectivity index (χ2v) is 12.7. The molecule has 3 N–H and O–H groups in total. The van der Waals surface area contributed by atoms with Gasteiger partial charge < -0.3 is 24.8 Å². The number of aromatic nitrogens is 5. The van der Waals surface area contributed by atoms with E-state index in [-0.39, 0.29) is 18.1 Å². The van der Waals surface area contributed by atoms with E-state index in [1.807, 2.05) is 20.2 Å². The molecule has 0 bridgehead atoms. The number of amides is 1. The zero-order chi connectivity index (χ0) is 30.8. The van der Waals surface area contributed by atoms with Crippen LogP contribution in [0.15, 0.2) is 42.7 Å². The van der Waals surface area contributed by atoms with Gasteiger partial charge in [-0.2, -0.15) is 5.10 Å². The third-order valence-corrected chi connectivity index (χ3v) is 9.00. The zero-order valence-electron chi connectivity index (χ0n) is 26.3. The molecule has 0 unspecified atom stereocenters. The number of nitrogens with zero attached hydrogens (tertiary/aromatic N) is 7. The van der Waals surface area contributed by atoms with Gasteiger partial charge in [-0.1, -0.05) is 0 Å². The maximum atomic E-state index is 13.7. The molecule has 1 aliphatic heterocycles. The lowest BCUT2D eigenvalue weighted by molar-refractivity contribution is 0.102. The van der Waals surface area contributed by atoms with Crippen molar-refractivity contribution >= 4 is 28.6 Å². The molecule has 11 heteroatoms. The van der Waals surface area contributed by atoms with Crippen molar-refractivity contribution in [3.8, 4) is 11.3 Å². The molecule has 0 spiro atoms. The number of fused-ring (bicyclic) bond motifs is 1. The summed E-state index contributed by atoms with van der Waals surface area (Å²) in [5, 5.41) is 21.4. The average molecular weight is 600 g/mol. The van der Waals surface area contributed by atoms with Crippen LogP contribution in [0.4, 0.5) is 11.6 Å². The standard InChI is InChI=1S/C33H45N9O2/c1-22-17-23(18-30(36-22)24-20-35-40(4)21-24)32(44)38-33-37-29-10-7-27(19-31(29)42(33)26-5-8-28(43)9-6-26)41-14-11-25(12-15-41)34-13-16-39(2)3/h7,10,17-21,25-26,28,34,43H,5-6,8-9,11-16H2,1-4H3,(H,37,38,44)/t26-,28+. The Morgan fingerprint density at radius 3 is 2.52 bits per heavy atom. The van der Waals surface area contributed by atoms with Crippen molar-refractivity contribution in [2.24, 2.45) is 7.05 Å². The molecule has 4 aromatic rings. The Hall–Kier alpha value is -3.80. The molecule has 3 aromatic heterocycles. The van der Waals surface area contributed by atoms with Crippen LogP contribution in [0, 0.1) is 6.92 Å². The summed E-state index contributed by atoms with van der Waals surface area (Å²) in [6.07, 6.45) is 8.75. The maximum Gasteiger partial charge on any atom is 0.258 e. The predicted molar refractivity (Wildman–Crippen MR) is 174 cm³/mol. The van der Waals surface area contributed by atoms with Crippen LogP contribution in [-0.2, 0) is 7.05 Å². The highest BCUT2D eigenvalue weighted by atomic mass is 16.3. The summed E-state index contributed by atoms with van der Waals surface area (Å²) in [4.78, 5) is 27.9. The number of aliphatic hydroxyl groups excluding tert-OH is 1. The van der Waals surface area contributed by atoms with E-state index in [1.54, 1.807) is 23.0 Å². The molecule has 1 amide bonds. The molecule has 1 aliphatic carbocycles.